The molecule has 0 fully saturated rings. The maximum atomic E-state index is 15.1. The Bertz CT molecular complexity index is 4250. The summed E-state index contributed by atoms with van der Waals surface area (Å²) in [6.07, 6.45) is 7.42. The van der Waals surface area contributed by atoms with Crippen molar-refractivity contribution in [3.05, 3.63) is 90.1 Å². The van der Waals surface area contributed by atoms with Gasteiger partial charge in [-0.1, -0.05) is 180 Å². The fraction of sp³-hybridized carbons (Fsp3) is 0.656. The van der Waals surface area contributed by atoms with Gasteiger partial charge in [-0.3, -0.25) is 71.9 Å². The molecule has 0 saturated heterocycles. The molecule has 0 unspecified atom stereocenters. The lowest BCUT2D eigenvalue weighted by Crippen LogP contribution is -2.62. The maximum Gasteiger partial charge on any atom is 0.243 e. The molecule has 129 heavy (non-hydrogen) atoms. The summed E-state index contributed by atoms with van der Waals surface area (Å²) in [6, 6.07) is -2.46. The van der Waals surface area contributed by atoms with E-state index in [2.05, 4.69) is 89.4 Å². The zero-order chi connectivity index (χ0) is 96.6. The molecule has 2 aromatic heterocycles. The van der Waals surface area contributed by atoms with Gasteiger partial charge in [0.25, 0.3) is 0 Å². The van der Waals surface area contributed by atoms with Crippen molar-refractivity contribution in [1.82, 2.24) is 89.4 Å². The molecule has 15 amide bonds. The number of primary amides is 1. The largest absolute Gasteiger partial charge is 0.368 e. The number of carbonyl (C=O) groups excluding carboxylic acids is 15. The van der Waals surface area contributed by atoms with Gasteiger partial charge in [0.2, 0.25) is 88.6 Å². The Morgan fingerprint density at radius 2 is 0.698 bits per heavy atom. The Labute approximate surface area is 761 Å². The van der Waals surface area contributed by atoms with E-state index in [0.29, 0.717) is 49.8 Å². The molecular weight excluding hydrogens is 1650 g/mol. The maximum absolute atomic E-state index is 15.1. The fourth-order valence-corrected chi connectivity index (χ4v) is 14.9. The van der Waals surface area contributed by atoms with Crippen molar-refractivity contribution >= 4 is 99.5 Å². The molecule has 36 heteroatoms. The van der Waals surface area contributed by atoms with Crippen LogP contribution in [0, 0.1) is 53.3 Å². The Hall–Kier alpha value is -10.9. The second kappa shape index (κ2) is 55.9. The van der Waals surface area contributed by atoms with Crippen molar-refractivity contribution in [2.75, 3.05) is 13.1 Å². The number of rotatable bonds is 59. The van der Waals surface area contributed by atoms with E-state index >= 15 is 19.2 Å². The molecule has 720 valence electrons. The van der Waals surface area contributed by atoms with Gasteiger partial charge >= 0.3 is 0 Å². The summed E-state index contributed by atoms with van der Waals surface area (Å²) in [7, 11) is 0. The van der Waals surface area contributed by atoms with Crippen molar-refractivity contribution in [2.45, 2.75) is 325 Å². The second-order valence-electron chi connectivity index (χ2n) is 37.6. The van der Waals surface area contributed by atoms with Gasteiger partial charge in [0.1, 0.15) is 84.6 Å². The molecule has 2 aromatic carbocycles. The Morgan fingerprint density at radius 1 is 0.349 bits per heavy atom. The number of carbonyl (C=O) groups is 15. The standard InChI is InChI=1S/C93H153N21O15/c1-20-58(18)78(93(129)111-69(40-52(6)7)84(120)101-59(19)80(116)112-76(56(14)15)92(128)110-72(43-55(12)13)85(121)103-67(35-27-29-37-95)83(119)113-77(57(16)17)91(127)104-68(79(97)115)39-51(4)5)114-90(126)75(46-62-48-98-49-100-62)109-87(123)71(42-54(10)11)107-88(124)73(44-60-30-22-21-23-31-60)108-86(122)70(41-53(8)9)106-82(118)66(34-26-28-36-94)102-89(125)74(105-81(117)64(96)38-50(2)3)45-61-47-99-65-33-25-24-32-63(61)65/h21-25,30-33,47-59,64,66-78,99H,20,26-29,34-46,94-96H2,1-19H3,(H2,97,115)(H,98,100)(H,101,120)(H,102,125)(H,103,121)(H,104,127)(H,105,117)(H,106,118)(H,107,124)(H,108,122)(H,109,123)(H,110,128)(H,111,129)(H,112,116)(H,113,119)(H,114,126)/t58-,59-,64-,66-,67-,68-,69-,70-,71-,72-,73-,74-,75-,76-,77-,78-/m0/s1. The number of imidazole rings is 1. The highest BCUT2D eigenvalue weighted by Crippen LogP contribution is 2.23. The quantitative estimate of drug-likeness (QED) is 0.0282. The van der Waals surface area contributed by atoms with Gasteiger partial charge in [0.15, 0.2) is 0 Å². The minimum absolute atomic E-state index is 0.00320. The van der Waals surface area contributed by atoms with Crippen LogP contribution in [0.3, 0.4) is 0 Å². The predicted octanol–water partition coefficient (Wildman–Crippen LogP) is 3.43. The smallest absolute Gasteiger partial charge is 0.243 e. The van der Waals surface area contributed by atoms with Crippen molar-refractivity contribution < 1.29 is 71.9 Å². The van der Waals surface area contributed by atoms with Crippen LogP contribution in [0.25, 0.3) is 10.9 Å². The zero-order valence-corrected chi connectivity index (χ0v) is 79.4. The highest BCUT2D eigenvalue weighted by atomic mass is 16.2. The molecule has 0 bridgehead atoms. The van der Waals surface area contributed by atoms with E-state index in [-0.39, 0.29) is 113 Å². The fourth-order valence-electron chi connectivity index (χ4n) is 14.9. The molecule has 16 atom stereocenters. The van der Waals surface area contributed by atoms with Crippen LogP contribution in [0.2, 0.25) is 0 Å². The van der Waals surface area contributed by atoms with E-state index in [9.17, 15) is 52.7 Å². The van der Waals surface area contributed by atoms with Gasteiger partial charge < -0.3 is 107 Å². The lowest BCUT2D eigenvalue weighted by Gasteiger charge is -2.30. The number of fused-ring (bicyclic) bond motifs is 1. The molecular formula is C93H153N21O15. The van der Waals surface area contributed by atoms with Crippen molar-refractivity contribution in [3.8, 4) is 0 Å². The topological polar surface area (TPSA) is 573 Å². The van der Waals surface area contributed by atoms with Crippen molar-refractivity contribution in [2.24, 2.45) is 76.2 Å². The number of H-pyrrole nitrogens is 2. The number of nitrogens with one attached hydrogen (secondary N) is 16. The van der Waals surface area contributed by atoms with Crippen LogP contribution in [-0.2, 0) is 91.2 Å². The third-order valence-electron chi connectivity index (χ3n) is 22.2. The molecule has 0 aliphatic rings. The zero-order valence-electron chi connectivity index (χ0n) is 79.4. The van der Waals surface area contributed by atoms with E-state index in [0.717, 1.165) is 16.5 Å². The normalized spacial score (nSPS) is 15.4. The number of hydrogen-bond donors (Lipinski definition) is 20. The minimum atomic E-state index is -1.46. The van der Waals surface area contributed by atoms with Crippen LogP contribution in [0.5, 0.6) is 0 Å². The number of hydrogen-bond acceptors (Lipinski definition) is 19. The number of aromatic amines is 2. The molecule has 0 radical (unpaired) electrons. The van der Waals surface area contributed by atoms with Crippen LogP contribution in [0.15, 0.2) is 73.3 Å². The summed E-state index contributed by atoms with van der Waals surface area (Å²) in [5.41, 5.74) is 26.3. The van der Waals surface area contributed by atoms with Gasteiger partial charge in [-0.25, -0.2) is 4.98 Å². The van der Waals surface area contributed by atoms with Crippen LogP contribution >= 0.6 is 0 Å². The molecule has 0 spiro atoms. The molecule has 24 N–H and O–H groups in total. The first-order valence-electron chi connectivity index (χ1n) is 46.0. The number of amides is 15. The number of nitrogens with zero attached hydrogens (tertiary/aromatic N) is 1. The number of benzene rings is 2. The number of unbranched alkanes of at least 4 members (excludes halogenated alkanes) is 2. The third kappa shape index (κ3) is 38.8. The van der Waals surface area contributed by atoms with E-state index < -0.39 is 197 Å². The van der Waals surface area contributed by atoms with Crippen molar-refractivity contribution in [3.63, 3.8) is 0 Å². The predicted molar refractivity (Wildman–Crippen MR) is 496 cm³/mol. The molecule has 0 aliphatic carbocycles. The molecule has 36 nitrogen and oxygen atoms in total. The van der Waals surface area contributed by atoms with Gasteiger partial charge in [0.05, 0.1) is 12.4 Å². The Morgan fingerprint density at radius 3 is 1.13 bits per heavy atom. The second-order valence-corrected chi connectivity index (χ2v) is 37.6. The van der Waals surface area contributed by atoms with Crippen LogP contribution in [-0.4, -0.2) is 207 Å². The van der Waals surface area contributed by atoms with Gasteiger partial charge in [-0.15, -0.1) is 0 Å². The van der Waals surface area contributed by atoms with E-state index in [1.807, 2.05) is 107 Å². The molecule has 0 aliphatic heterocycles. The Kier molecular flexibility index (Phi) is 47.8. The molecule has 4 aromatic rings. The van der Waals surface area contributed by atoms with Gasteiger partial charge in [0, 0.05) is 48.3 Å². The SMILES string of the molecule is CC[C@H](C)[C@H](NC(=O)[C@H](Cc1cnc[nH]1)NC(=O)[C@H](CC(C)C)NC(=O)[C@H](Cc1ccccc1)NC(=O)[C@H](CC(C)C)NC(=O)[C@H](CCCCN)NC(=O)[C@H](Cc1c[nH]c2ccccc12)NC(=O)[C@@H](N)CC(C)C)C(=O)N[C@@H](CC(C)C)C(=O)N[C@@H](C)C(=O)N[C@H](C(=O)N[C@@H](CC(C)C)C(=O)N[C@@H](CCCCN)C(=O)N[C@H](C(=O)N[C@@H](CC(C)C)C(N)=O)C(C)C)C(C)C. The first kappa shape index (κ1) is 110. The summed E-state index contributed by atoms with van der Waals surface area (Å²) in [4.78, 5) is 226. The summed E-state index contributed by atoms with van der Waals surface area (Å²) in [6.45, 7) is 34.4. The lowest BCUT2D eigenvalue weighted by molar-refractivity contribution is -0.137. The van der Waals surface area contributed by atoms with Crippen molar-refractivity contribution in [1.29, 1.82) is 0 Å². The minimum Gasteiger partial charge on any atom is -0.368 e. The molecule has 2 heterocycles. The highest BCUT2D eigenvalue weighted by Gasteiger charge is 2.41. The number of aromatic nitrogens is 3. The summed E-state index contributed by atoms with van der Waals surface area (Å²) in [5, 5.41) is 40.0. The number of nitrogens with two attached hydrogens (primary N) is 4. The van der Waals surface area contributed by atoms with Gasteiger partial charge in [-0.2, -0.15) is 0 Å². The molecule has 4 rings (SSSR count). The van der Waals surface area contributed by atoms with E-state index in [4.69, 9.17) is 22.9 Å². The summed E-state index contributed by atoms with van der Waals surface area (Å²) in [5.74, 6) is -13.6. The highest BCUT2D eigenvalue weighted by molar-refractivity contribution is 6.01. The monoisotopic (exact) mass is 1800 g/mol. The van der Waals surface area contributed by atoms with E-state index in [1.165, 1.54) is 19.4 Å². The molecule has 0 saturated carbocycles. The first-order chi connectivity index (χ1) is 60.8. The summed E-state index contributed by atoms with van der Waals surface area (Å²) >= 11 is 0. The summed E-state index contributed by atoms with van der Waals surface area (Å²) < 4.78 is 0. The average molecular weight is 1810 g/mol. The Balaban J connectivity index is 1.59. The lowest BCUT2D eigenvalue weighted by atomic mass is 9.96. The number of para-hydroxylation sites is 1. The van der Waals surface area contributed by atoms with Crippen LogP contribution in [0.4, 0.5) is 0 Å². The average Bonchev–Trinajstić information content (AvgIpc) is 1.74. The van der Waals surface area contributed by atoms with Crippen LogP contribution in [0.1, 0.15) is 232 Å². The third-order valence-corrected chi connectivity index (χ3v) is 22.2. The van der Waals surface area contributed by atoms with E-state index in [1.54, 1.807) is 78.1 Å². The van der Waals surface area contributed by atoms with Crippen LogP contribution < -0.4 is 97.4 Å². The van der Waals surface area contributed by atoms with Gasteiger partial charge in [-0.05, 0) is 168 Å². The first-order valence-corrected chi connectivity index (χ1v) is 46.0.